The van der Waals surface area contributed by atoms with Gasteiger partial charge in [0.1, 0.15) is 11.5 Å². The first-order chi connectivity index (χ1) is 18.6. The molecule has 0 bridgehead atoms. The Kier molecular flexibility index (Phi) is 9.74. The van der Waals surface area contributed by atoms with Gasteiger partial charge in [0.2, 0.25) is 0 Å². The highest BCUT2D eigenvalue weighted by molar-refractivity contribution is 7.92. The standard InChI is InChI=1S/C26H25ClN2O9S/c1-4-37-20-7-5-18(6-8-20)29-39(33,34)21-9-10-23(22(27)14-21)38-15-24(30)28-19-12-16(25(31)35-2)11-17(13-19)26(32)36-3/h5-14,29H,4,15H2,1-3H3,(H,28,30). The molecule has 0 saturated carbocycles. The van der Waals surface area contributed by atoms with E-state index < -0.39 is 34.5 Å². The van der Waals surface area contributed by atoms with E-state index in [1.165, 1.54) is 50.6 Å². The Labute approximate surface area is 230 Å². The first-order valence-electron chi connectivity index (χ1n) is 11.4. The maximum absolute atomic E-state index is 12.8. The number of amides is 1. The molecule has 0 aromatic heterocycles. The van der Waals surface area contributed by atoms with E-state index in [1.54, 1.807) is 24.3 Å². The van der Waals surface area contributed by atoms with Crippen molar-refractivity contribution < 1.29 is 41.7 Å². The molecule has 0 heterocycles. The number of carbonyl (C=O) groups excluding carboxylic acids is 3. The summed E-state index contributed by atoms with van der Waals surface area (Å²) in [6, 6.07) is 14.1. The van der Waals surface area contributed by atoms with Crippen molar-refractivity contribution >= 4 is 50.8 Å². The summed E-state index contributed by atoms with van der Waals surface area (Å²) < 4.78 is 48.1. The Bertz CT molecular complexity index is 1440. The largest absolute Gasteiger partial charge is 0.494 e. The average Bonchev–Trinajstić information content (AvgIpc) is 2.92. The number of anilines is 2. The Morgan fingerprint density at radius 3 is 1.97 bits per heavy atom. The molecule has 39 heavy (non-hydrogen) atoms. The van der Waals surface area contributed by atoms with E-state index in [0.29, 0.717) is 18.0 Å². The lowest BCUT2D eigenvalue weighted by Gasteiger charge is -2.12. The van der Waals surface area contributed by atoms with Gasteiger partial charge in [0.15, 0.2) is 6.61 Å². The van der Waals surface area contributed by atoms with Gasteiger partial charge < -0.3 is 24.3 Å². The number of rotatable bonds is 11. The van der Waals surface area contributed by atoms with Crippen molar-refractivity contribution in [3.63, 3.8) is 0 Å². The SMILES string of the molecule is CCOc1ccc(NS(=O)(=O)c2ccc(OCC(=O)Nc3cc(C(=O)OC)cc(C(=O)OC)c3)c(Cl)c2)cc1. The molecule has 3 aromatic carbocycles. The Morgan fingerprint density at radius 1 is 0.821 bits per heavy atom. The van der Waals surface area contributed by atoms with Crippen LogP contribution in [0.1, 0.15) is 27.6 Å². The van der Waals surface area contributed by atoms with Crippen LogP contribution >= 0.6 is 11.6 Å². The summed E-state index contributed by atoms with van der Waals surface area (Å²) in [5.41, 5.74) is 0.503. The fourth-order valence-corrected chi connectivity index (χ4v) is 4.66. The normalized spacial score (nSPS) is 10.8. The van der Waals surface area contributed by atoms with Gasteiger partial charge in [-0.25, -0.2) is 18.0 Å². The van der Waals surface area contributed by atoms with Crippen molar-refractivity contribution in [2.75, 3.05) is 37.5 Å². The summed E-state index contributed by atoms with van der Waals surface area (Å²) in [4.78, 5) is 36.2. The molecule has 206 valence electrons. The number of ether oxygens (including phenoxy) is 4. The number of nitrogens with one attached hydrogen (secondary N) is 2. The molecule has 0 spiro atoms. The minimum atomic E-state index is -3.96. The zero-order valence-electron chi connectivity index (χ0n) is 21.1. The number of hydrogen-bond donors (Lipinski definition) is 2. The molecule has 0 radical (unpaired) electrons. The minimum Gasteiger partial charge on any atom is -0.494 e. The zero-order valence-corrected chi connectivity index (χ0v) is 22.7. The smallest absolute Gasteiger partial charge is 0.337 e. The van der Waals surface area contributed by atoms with Gasteiger partial charge in [0, 0.05) is 11.4 Å². The number of halogens is 1. The van der Waals surface area contributed by atoms with Crippen molar-refractivity contribution in [3.05, 3.63) is 76.8 Å². The van der Waals surface area contributed by atoms with E-state index in [2.05, 4.69) is 19.5 Å². The van der Waals surface area contributed by atoms with Crippen LogP contribution in [0.5, 0.6) is 11.5 Å². The van der Waals surface area contributed by atoms with Crippen LogP contribution < -0.4 is 19.5 Å². The summed E-state index contributed by atoms with van der Waals surface area (Å²) in [7, 11) is -1.61. The second-order valence-corrected chi connectivity index (χ2v) is 9.86. The van der Waals surface area contributed by atoms with Gasteiger partial charge in [-0.1, -0.05) is 11.6 Å². The summed E-state index contributed by atoms with van der Waals surface area (Å²) in [5, 5.41) is 2.46. The average molecular weight is 577 g/mol. The van der Waals surface area contributed by atoms with Crippen molar-refractivity contribution in [1.29, 1.82) is 0 Å². The Balaban J connectivity index is 1.67. The molecule has 0 aliphatic heterocycles. The first-order valence-corrected chi connectivity index (χ1v) is 13.2. The molecule has 11 nitrogen and oxygen atoms in total. The van der Waals surface area contributed by atoms with Crippen molar-refractivity contribution in [1.82, 2.24) is 0 Å². The van der Waals surface area contributed by atoms with Crippen molar-refractivity contribution in [3.8, 4) is 11.5 Å². The Morgan fingerprint density at radius 2 is 1.44 bits per heavy atom. The molecule has 0 saturated heterocycles. The topological polar surface area (TPSA) is 146 Å². The zero-order chi connectivity index (χ0) is 28.6. The lowest BCUT2D eigenvalue weighted by atomic mass is 10.1. The minimum absolute atomic E-state index is 0.0234. The molecule has 0 aliphatic rings. The van der Waals surface area contributed by atoms with E-state index in [0.717, 1.165) is 0 Å². The van der Waals surface area contributed by atoms with Gasteiger partial charge in [-0.2, -0.15) is 0 Å². The quantitative estimate of drug-likeness (QED) is 0.322. The van der Waals surface area contributed by atoms with Crippen LogP contribution in [0.3, 0.4) is 0 Å². The van der Waals surface area contributed by atoms with E-state index in [-0.39, 0.29) is 32.5 Å². The number of sulfonamides is 1. The number of hydrogen-bond acceptors (Lipinski definition) is 9. The van der Waals surface area contributed by atoms with Crippen LogP contribution in [-0.2, 0) is 24.3 Å². The molecule has 0 atom stereocenters. The monoisotopic (exact) mass is 576 g/mol. The molecule has 3 rings (SSSR count). The third kappa shape index (κ3) is 7.85. The second kappa shape index (κ2) is 13.0. The van der Waals surface area contributed by atoms with Gasteiger partial charge in [-0.05, 0) is 67.6 Å². The fraction of sp³-hybridized carbons (Fsp3) is 0.192. The molecule has 2 N–H and O–H groups in total. The molecule has 0 fully saturated rings. The summed E-state index contributed by atoms with van der Waals surface area (Å²) in [5.74, 6) is -1.41. The van der Waals surface area contributed by atoms with Crippen LogP contribution in [0.15, 0.2) is 65.6 Å². The third-order valence-electron chi connectivity index (χ3n) is 5.05. The number of carbonyl (C=O) groups is 3. The van der Waals surface area contributed by atoms with Crippen molar-refractivity contribution in [2.45, 2.75) is 11.8 Å². The van der Waals surface area contributed by atoms with Crippen LogP contribution in [-0.4, -0.2) is 53.7 Å². The highest BCUT2D eigenvalue weighted by Crippen LogP contribution is 2.29. The Hall–Kier alpha value is -4.29. The summed E-state index contributed by atoms with van der Waals surface area (Å²) in [6.45, 7) is 1.82. The van der Waals surface area contributed by atoms with Gasteiger partial charge in [0.25, 0.3) is 15.9 Å². The molecular formula is C26H25ClN2O9S. The van der Waals surface area contributed by atoms with E-state index >= 15 is 0 Å². The summed E-state index contributed by atoms with van der Waals surface area (Å²) in [6.07, 6.45) is 0. The number of benzene rings is 3. The molecule has 0 aliphatic carbocycles. The molecule has 0 unspecified atom stereocenters. The van der Waals surface area contributed by atoms with E-state index in [4.69, 9.17) is 21.1 Å². The lowest BCUT2D eigenvalue weighted by Crippen LogP contribution is -2.21. The van der Waals surface area contributed by atoms with E-state index in [1.807, 2.05) is 6.92 Å². The van der Waals surface area contributed by atoms with Gasteiger partial charge in [-0.3, -0.25) is 9.52 Å². The maximum Gasteiger partial charge on any atom is 0.337 e. The van der Waals surface area contributed by atoms with Gasteiger partial charge in [0.05, 0.1) is 41.9 Å². The van der Waals surface area contributed by atoms with Crippen LogP contribution in [0.25, 0.3) is 0 Å². The summed E-state index contributed by atoms with van der Waals surface area (Å²) >= 11 is 6.21. The highest BCUT2D eigenvalue weighted by atomic mass is 35.5. The van der Waals surface area contributed by atoms with Gasteiger partial charge >= 0.3 is 11.9 Å². The predicted octanol–water partition coefficient (Wildman–Crippen LogP) is 4.13. The predicted molar refractivity (Wildman–Crippen MR) is 143 cm³/mol. The van der Waals surface area contributed by atoms with Crippen LogP contribution in [0.2, 0.25) is 5.02 Å². The molecule has 13 heteroatoms. The molecular weight excluding hydrogens is 552 g/mol. The molecule has 1 amide bonds. The number of esters is 2. The van der Waals surface area contributed by atoms with Gasteiger partial charge in [-0.15, -0.1) is 0 Å². The number of methoxy groups -OCH3 is 2. The molecule has 3 aromatic rings. The van der Waals surface area contributed by atoms with Crippen LogP contribution in [0, 0.1) is 0 Å². The fourth-order valence-electron chi connectivity index (χ4n) is 3.28. The lowest BCUT2D eigenvalue weighted by molar-refractivity contribution is -0.118. The first kappa shape index (κ1) is 29.3. The third-order valence-corrected chi connectivity index (χ3v) is 6.72. The van der Waals surface area contributed by atoms with Crippen molar-refractivity contribution in [2.24, 2.45) is 0 Å². The second-order valence-electron chi connectivity index (χ2n) is 7.77. The van der Waals surface area contributed by atoms with Crippen LogP contribution in [0.4, 0.5) is 11.4 Å². The maximum atomic E-state index is 12.8. The van der Waals surface area contributed by atoms with E-state index in [9.17, 15) is 22.8 Å². The highest BCUT2D eigenvalue weighted by Gasteiger charge is 2.18.